The molecule has 10 heteroatoms. The maximum absolute atomic E-state index is 10.6. The van der Waals surface area contributed by atoms with Crippen molar-refractivity contribution < 1.29 is 27.6 Å². The summed E-state index contributed by atoms with van der Waals surface area (Å²) in [6.07, 6.45) is -1.70. The van der Waals surface area contributed by atoms with Gasteiger partial charge in [0.05, 0.1) is 6.04 Å². The minimum atomic E-state index is -5.08. The van der Waals surface area contributed by atoms with Crippen molar-refractivity contribution >= 4 is 5.97 Å². The van der Waals surface area contributed by atoms with Crippen LogP contribution in [-0.2, 0) is 4.79 Å². The molecule has 1 aliphatic heterocycles. The molecule has 1 unspecified atom stereocenters. The van der Waals surface area contributed by atoms with E-state index in [2.05, 4.69) is 20.0 Å². The lowest BCUT2D eigenvalue weighted by Crippen LogP contribution is -2.27. The molecule has 7 nitrogen and oxygen atoms in total. The van der Waals surface area contributed by atoms with Crippen LogP contribution >= 0.6 is 0 Å². The largest absolute Gasteiger partial charge is 0.490 e. The molecule has 1 aliphatic rings. The number of carboxylic acids is 1. The van der Waals surface area contributed by atoms with Crippen LogP contribution in [0.1, 0.15) is 31.1 Å². The minimum Gasteiger partial charge on any atom is -0.475 e. The first-order valence-corrected chi connectivity index (χ1v) is 5.40. The Morgan fingerprint density at radius 1 is 1.42 bits per heavy atom. The zero-order valence-corrected chi connectivity index (χ0v) is 9.66. The molecular formula is C9H12F3N3O4. The number of carbonyl (C=O) groups is 1. The third kappa shape index (κ3) is 5.12. The number of alkyl halides is 3. The molecule has 19 heavy (non-hydrogen) atoms. The van der Waals surface area contributed by atoms with Crippen LogP contribution in [0.25, 0.3) is 0 Å². The van der Waals surface area contributed by atoms with Crippen molar-refractivity contribution in [2.45, 2.75) is 31.5 Å². The summed E-state index contributed by atoms with van der Waals surface area (Å²) < 4.78 is 36.2. The average Bonchev–Trinajstić information content (AvgIpc) is 2.77. The third-order valence-corrected chi connectivity index (χ3v) is 2.34. The maximum atomic E-state index is 10.6. The van der Waals surface area contributed by atoms with E-state index in [0.717, 1.165) is 13.0 Å². The topological polar surface area (TPSA) is 108 Å². The van der Waals surface area contributed by atoms with Crippen molar-refractivity contribution in [3.8, 4) is 0 Å². The summed E-state index contributed by atoms with van der Waals surface area (Å²) in [6, 6.07) is 0.171. The first-order valence-electron chi connectivity index (χ1n) is 5.40. The summed E-state index contributed by atoms with van der Waals surface area (Å²) in [5, 5.41) is 14.0. The monoisotopic (exact) mass is 283 g/mol. The van der Waals surface area contributed by atoms with Gasteiger partial charge in [0, 0.05) is 0 Å². The Morgan fingerprint density at radius 3 is 2.42 bits per heavy atom. The van der Waals surface area contributed by atoms with Crippen LogP contribution in [-0.4, -0.2) is 33.9 Å². The van der Waals surface area contributed by atoms with Gasteiger partial charge in [-0.15, -0.1) is 0 Å². The highest BCUT2D eigenvalue weighted by Crippen LogP contribution is 2.18. The van der Waals surface area contributed by atoms with E-state index < -0.39 is 17.9 Å². The van der Waals surface area contributed by atoms with Gasteiger partial charge >= 0.3 is 17.9 Å². The molecule has 2 rings (SSSR count). The Labute approximate surface area is 104 Å². The standard InChI is InChI=1S/C7H11N3O2.C2HF3O2/c11-7-9-6(10-12-7)5-3-1-2-4-8-5;3-2(4,5)1(6)7/h5,8H,1-4H2,(H,9,10,11);(H,6,7). The van der Waals surface area contributed by atoms with Gasteiger partial charge in [-0.2, -0.15) is 13.2 Å². The molecule has 1 aromatic heterocycles. The number of hydrogen-bond donors (Lipinski definition) is 3. The van der Waals surface area contributed by atoms with Gasteiger partial charge < -0.3 is 10.4 Å². The summed E-state index contributed by atoms with van der Waals surface area (Å²) in [5.41, 5.74) is 0. The molecule has 0 aromatic carbocycles. The van der Waals surface area contributed by atoms with Gasteiger partial charge in [-0.3, -0.25) is 9.51 Å². The molecule has 0 saturated carbocycles. The zero-order valence-electron chi connectivity index (χ0n) is 9.66. The van der Waals surface area contributed by atoms with Crippen molar-refractivity contribution in [1.29, 1.82) is 0 Å². The lowest BCUT2D eigenvalue weighted by atomic mass is 10.1. The highest BCUT2D eigenvalue weighted by atomic mass is 19.4. The smallest absolute Gasteiger partial charge is 0.475 e. The van der Waals surface area contributed by atoms with Crippen LogP contribution in [0.2, 0.25) is 0 Å². The summed E-state index contributed by atoms with van der Waals surface area (Å²) in [7, 11) is 0. The number of nitrogens with zero attached hydrogens (tertiary/aromatic N) is 1. The SMILES string of the molecule is O=C(O)C(F)(F)F.O=c1[nH]c(C2CCCCN2)no1. The number of nitrogens with one attached hydrogen (secondary N) is 2. The highest BCUT2D eigenvalue weighted by molar-refractivity contribution is 5.73. The molecule has 3 N–H and O–H groups in total. The number of H-pyrrole nitrogens is 1. The van der Waals surface area contributed by atoms with E-state index in [1.807, 2.05) is 0 Å². The lowest BCUT2D eigenvalue weighted by Gasteiger charge is -2.20. The van der Waals surface area contributed by atoms with E-state index in [1.54, 1.807) is 0 Å². The maximum Gasteiger partial charge on any atom is 0.490 e. The van der Waals surface area contributed by atoms with Crippen LogP contribution < -0.4 is 11.1 Å². The predicted octanol–water partition coefficient (Wildman–Crippen LogP) is 0.811. The van der Waals surface area contributed by atoms with E-state index >= 15 is 0 Å². The third-order valence-electron chi connectivity index (χ3n) is 2.34. The molecule has 2 heterocycles. The molecule has 1 saturated heterocycles. The van der Waals surface area contributed by atoms with Gasteiger partial charge in [0.25, 0.3) is 0 Å². The van der Waals surface area contributed by atoms with Crippen molar-refractivity contribution in [3.63, 3.8) is 0 Å². The fourth-order valence-corrected chi connectivity index (χ4v) is 1.48. The summed E-state index contributed by atoms with van der Waals surface area (Å²) >= 11 is 0. The Hall–Kier alpha value is -1.84. The number of carboxylic acid groups (broad SMARTS) is 1. The Balaban J connectivity index is 0.000000224. The van der Waals surface area contributed by atoms with Crippen molar-refractivity contribution in [2.24, 2.45) is 0 Å². The summed E-state index contributed by atoms with van der Waals surface area (Å²) in [4.78, 5) is 22.1. The summed E-state index contributed by atoms with van der Waals surface area (Å²) in [6.45, 7) is 0.986. The number of rotatable bonds is 1. The average molecular weight is 283 g/mol. The van der Waals surface area contributed by atoms with Gasteiger partial charge in [-0.05, 0) is 19.4 Å². The quantitative estimate of drug-likeness (QED) is 0.704. The first-order chi connectivity index (χ1) is 8.80. The van der Waals surface area contributed by atoms with Crippen LogP contribution in [0.3, 0.4) is 0 Å². The number of piperidine rings is 1. The fourth-order valence-electron chi connectivity index (χ4n) is 1.48. The van der Waals surface area contributed by atoms with E-state index in [-0.39, 0.29) is 6.04 Å². The van der Waals surface area contributed by atoms with Gasteiger partial charge in [-0.25, -0.2) is 9.59 Å². The Bertz CT molecular complexity index is 462. The minimum absolute atomic E-state index is 0.171. The molecule has 0 amide bonds. The normalized spacial score (nSPS) is 19.4. The molecule has 0 spiro atoms. The Morgan fingerprint density at radius 2 is 2.05 bits per heavy atom. The van der Waals surface area contributed by atoms with Crippen molar-refractivity contribution in [3.05, 3.63) is 16.4 Å². The fraction of sp³-hybridized carbons (Fsp3) is 0.667. The van der Waals surface area contributed by atoms with Gasteiger partial charge in [-0.1, -0.05) is 11.6 Å². The number of aromatic nitrogens is 2. The highest BCUT2D eigenvalue weighted by Gasteiger charge is 2.38. The van der Waals surface area contributed by atoms with Crippen LogP contribution in [0.4, 0.5) is 13.2 Å². The van der Waals surface area contributed by atoms with E-state index in [4.69, 9.17) is 9.90 Å². The number of halogens is 3. The summed E-state index contributed by atoms with van der Waals surface area (Å²) in [5.74, 6) is -2.61. The van der Waals surface area contributed by atoms with Gasteiger partial charge in [0.1, 0.15) is 0 Å². The second kappa shape index (κ2) is 6.36. The molecule has 108 valence electrons. The molecule has 1 aromatic rings. The van der Waals surface area contributed by atoms with Crippen LogP contribution in [0.5, 0.6) is 0 Å². The first kappa shape index (κ1) is 15.2. The molecule has 1 fully saturated rings. The van der Waals surface area contributed by atoms with E-state index in [1.165, 1.54) is 12.8 Å². The van der Waals surface area contributed by atoms with Crippen LogP contribution in [0, 0.1) is 0 Å². The second-order valence-electron chi connectivity index (χ2n) is 3.79. The van der Waals surface area contributed by atoms with Gasteiger partial charge in [0.2, 0.25) is 0 Å². The molecular weight excluding hydrogens is 271 g/mol. The van der Waals surface area contributed by atoms with E-state index in [0.29, 0.717) is 5.82 Å². The number of hydrogen-bond acceptors (Lipinski definition) is 5. The van der Waals surface area contributed by atoms with Crippen molar-refractivity contribution in [1.82, 2.24) is 15.5 Å². The Kier molecular flexibility index (Phi) is 5.10. The number of aromatic amines is 1. The number of aliphatic carboxylic acids is 1. The molecule has 1 atom stereocenters. The predicted molar refractivity (Wildman–Crippen MR) is 55.4 cm³/mol. The lowest BCUT2D eigenvalue weighted by molar-refractivity contribution is -0.192. The zero-order chi connectivity index (χ0) is 14.5. The van der Waals surface area contributed by atoms with E-state index in [9.17, 15) is 18.0 Å². The molecule has 0 bridgehead atoms. The van der Waals surface area contributed by atoms with Crippen LogP contribution in [0.15, 0.2) is 9.32 Å². The second-order valence-corrected chi connectivity index (χ2v) is 3.79. The van der Waals surface area contributed by atoms with Crippen molar-refractivity contribution in [2.75, 3.05) is 6.54 Å². The molecule has 0 radical (unpaired) electrons. The van der Waals surface area contributed by atoms with Gasteiger partial charge in [0.15, 0.2) is 5.82 Å². The molecule has 0 aliphatic carbocycles.